The van der Waals surface area contributed by atoms with Crippen molar-refractivity contribution in [1.82, 2.24) is 9.55 Å². The number of imidazole rings is 1. The zero-order chi connectivity index (χ0) is 34.9. The predicted molar refractivity (Wildman–Crippen MR) is 225 cm³/mol. The lowest BCUT2D eigenvalue weighted by Crippen LogP contribution is -2.01. The van der Waals surface area contributed by atoms with Crippen LogP contribution in [0.4, 0.5) is 0 Å². The molecule has 0 fully saturated rings. The molecule has 0 saturated heterocycles. The summed E-state index contributed by atoms with van der Waals surface area (Å²) in [4.78, 5) is 5.22. The Labute approximate surface area is 307 Å². The van der Waals surface area contributed by atoms with Crippen LogP contribution < -0.4 is 0 Å². The summed E-state index contributed by atoms with van der Waals surface area (Å²) in [6.07, 6.45) is 6.49. The highest BCUT2D eigenvalue weighted by Gasteiger charge is 2.21. The van der Waals surface area contributed by atoms with Gasteiger partial charge in [0, 0.05) is 11.3 Å². The third-order valence-corrected chi connectivity index (χ3v) is 11.2. The number of hydrogen-bond acceptors (Lipinski definition) is 1. The van der Waals surface area contributed by atoms with E-state index in [1.54, 1.807) is 0 Å². The standard InChI is InChI=1S/C51H34N2/c1-2-15-38(16-3-1)53-48-24-11-10-23-47(48)52-51(53)34-27-25-33(26-28-34)49-42-17-6-8-19-44(42)50(45-20-9-7-18-43(45)49)41-22-12-21-39-40(41)30-29-37-31-35-13-4-5-14-36(35)32-46(37)39/h1-9,11-22,24-32H,10,23H2. The Bertz CT molecular complexity index is 3040. The molecular formula is C51H34N2. The van der Waals surface area contributed by atoms with Gasteiger partial charge in [0.1, 0.15) is 5.82 Å². The molecule has 0 N–H and O–H groups in total. The molecule has 0 spiro atoms. The number of nitrogens with zero attached hydrogens (tertiary/aromatic N) is 2. The van der Waals surface area contributed by atoms with Crippen molar-refractivity contribution in [2.45, 2.75) is 12.8 Å². The third kappa shape index (κ3) is 4.69. The van der Waals surface area contributed by atoms with Crippen LogP contribution in [-0.2, 0) is 6.42 Å². The van der Waals surface area contributed by atoms with E-state index >= 15 is 0 Å². The maximum absolute atomic E-state index is 5.22. The lowest BCUT2D eigenvalue weighted by atomic mass is 9.84. The quantitative estimate of drug-likeness (QED) is 0.134. The molecule has 1 aliphatic carbocycles. The van der Waals surface area contributed by atoms with Gasteiger partial charge in [-0.05, 0) is 119 Å². The smallest absolute Gasteiger partial charge is 0.145 e. The average molecular weight is 675 g/mol. The molecule has 1 heterocycles. The first-order valence-corrected chi connectivity index (χ1v) is 18.5. The highest BCUT2D eigenvalue weighted by atomic mass is 15.1. The van der Waals surface area contributed by atoms with E-state index in [1.807, 2.05) is 0 Å². The summed E-state index contributed by atoms with van der Waals surface area (Å²) >= 11 is 0. The second-order valence-corrected chi connectivity index (χ2v) is 14.2. The molecule has 0 saturated carbocycles. The lowest BCUT2D eigenvalue weighted by Gasteiger charge is -2.19. The number of aryl methyl sites for hydroxylation is 1. The van der Waals surface area contributed by atoms with Crippen LogP contribution in [0.25, 0.3) is 99.3 Å². The Balaban J connectivity index is 1.11. The summed E-state index contributed by atoms with van der Waals surface area (Å²) in [5, 5.41) is 12.7. The number of aromatic nitrogens is 2. The van der Waals surface area contributed by atoms with Gasteiger partial charge in [-0.15, -0.1) is 0 Å². The summed E-state index contributed by atoms with van der Waals surface area (Å²) in [5.41, 5.74) is 9.60. The molecule has 0 radical (unpaired) electrons. The van der Waals surface area contributed by atoms with Gasteiger partial charge in [-0.1, -0.05) is 152 Å². The van der Waals surface area contributed by atoms with E-state index in [0.717, 1.165) is 35.6 Å². The molecule has 2 nitrogen and oxygen atoms in total. The van der Waals surface area contributed by atoms with Crippen LogP contribution in [0.15, 0.2) is 176 Å². The minimum absolute atomic E-state index is 0.963. The molecule has 0 bridgehead atoms. The minimum Gasteiger partial charge on any atom is -0.293 e. The fourth-order valence-corrected chi connectivity index (χ4v) is 8.80. The van der Waals surface area contributed by atoms with Gasteiger partial charge in [-0.25, -0.2) is 4.98 Å². The summed E-state index contributed by atoms with van der Waals surface area (Å²) in [6.45, 7) is 0. The van der Waals surface area contributed by atoms with Crippen LogP contribution in [-0.4, -0.2) is 9.55 Å². The molecule has 9 aromatic carbocycles. The minimum atomic E-state index is 0.963. The maximum atomic E-state index is 5.22. The summed E-state index contributed by atoms with van der Waals surface area (Å²) in [5.74, 6) is 0.987. The van der Waals surface area contributed by atoms with Crippen LogP contribution in [0.2, 0.25) is 0 Å². The summed E-state index contributed by atoms with van der Waals surface area (Å²) < 4.78 is 2.31. The number of allylic oxidation sites excluding steroid dienone is 1. The average Bonchev–Trinajstić information content (AvgIpc) is 3.62. The van der Waals surface area contributed by atoms with Crippen molar-refractivity contribution in [3.63, 3.8) is 0 Å². The highest BCUT2D eigenvalue weighted by Crippen LogP contribution is 2.46. The first-order valence-electron chi connectivity index (χ1n) is 18.5. The van der Waals surface area contributed by atoms with Gasteiger partial charge in [-0.3, -0.25) is 4.57 Å². The van der Waals surface area contributed by atoms with Crippen molar-refractivity contribution in [3.05, 3.63) is 187 Å². The van der Waals surface area contributed by atoms with Gasteiger partial charge in [0.15, 0.2) is 0 Å². The van der Waals surface area contributed by atoms with Gasteiger partial charge < -0.3 is 0 Å². The maximum Gasteiger partial charge on any atom is 0.145 e. The van der Waals surface area contributed by atoms with Crippen molar-refractivity contribution in [1.29, 1.82) is 0 Å². The van der Waals surface area contributed by atoms with Gasteiger partial charge in [0.2, 0.25) is 0 Å². The van der Waals surface area contributed by atoms with Crippen LogP contribution >= 0.6 is 0 Å². The zero-order valence-electron chi connectivity index (χ0n) is 29.1. The first-order chi connectivity index (χ1) is 26.3. The van der Waals surface area contributed by atoms with Gasteiger partial charge >= 0.3 is 0 Å². The monoisotopic (exact) mass is 674 g/mol. The van der Waals surface area contributed by atoms with Crippen LogP contribution in [0.3, 0.4) is 0 Å². The van der Waals surface area contributed by atoms with E-state index in [4.69, 9.17) is 4.98 Å². The summed E-state index contributed by atoms with van der Waals surface area (Å²) in [6, 6.07) is 62.4. The van der Waals surface area contributed by atoms with E-state index in [1.165, 1.54) is 81.8 Å². The summed E-state index contributed by atoms with van der Waals surface area (Å²) in [7, 11) is 0. The van der Waals surface area contributed by atoms with E-state index in [-0.39, 0.29) is 0 Å². The van der Waals surface area contributed by atoms with E-state index < -0.39 is 0 Å². The second kappa shape index (κ2) is 11.9. The van der Waals surface area contributed by atoms with E-state index in [2.05, 4.69) is 187 Å². The van der Waals surface area contributed by atoms with Crippen LogP contribution in [0, 0.1) is 0 Å². The Morgan fingerprint density at radius 2 is 1.06 bits per heavy atom. The number of hydrogen-bond donors (Lipinski definition) is 0. The Kier molecular flexibility index (Phi) is 6.72. The number of rotatable bonds is 4. The Morgan fingerprint density at radius 3 is 1.79 bits per heavy atom. The van der Waals surface area contributed by atoms with Crippen molar-refractivity contribution in [3.8, 4) is 39.3 Å². The zero-order valence-corrected chi connectivity index (χ0v) is 29.1. The molecular weight excluding hydrogens is 641 g/mol. The molecule has 11 rings (SSSR count). The number of para-hydroxylation sites is 1. The molecule has 0 amide bonds. The first kappa shape index (κ1) is 29.9. The van der Waals surface area contributed by atoms with Crippen molar-refractivity contribution >= 4 is 59.9 Å². The topological polar surface area (TPSA) is 17.8 Å². The molecule has 0 atom stereocenters. The largest absolute Gasteiger partial charge is 0.293 e. The molecule has 0 aliphatic heterocycles. The van der Waals surface area contributed by atoms with E-state index in [9.17, 15) is 0 Å². The number of benzene rings is 9. The SMILES string of the molecule is C1=Cc2c(nc(-c3ccc(-c4c5ccccc5c(-c5cccc6c5ccc5cc7ccccc7cc56)c5ccccc45)cc3)n2-c2ccccc2)CC1. The highest BCUT2D eigenvalue weighted by molar-refractivity contribution is 6.25. The van der Waals surface area contributed by atoms with Gasteiger partial charge in [0.25, 0.3) is 0 Å². The fraction of sp³-hybridized carbons (Fsp3) is 0.0392. The third-order valence-electron chi connectivity index (χ3n) is 11.2. The lowest BCUT2D eigenvalue weighted by molar-refractivity contribution is 0.936. The second-order valence-electron chi connectivity index (χ2n) is 14.2. The fourth-order valence-electron chi connectivity index (χ4n) is 8.80. The predicted octanol–water partition coefficient (Wildman–Crippen LogP) is 13.6. The molecule has 0 unspecified atom stereocenters. The molecule has 1 aliphatic rings. The molecule has 2 heteroatoms. The Hall–Kier alpha value is -6.77. The van der Waals surface area contributed by atoms with Gasteiger partial charge in [-0.2, -0.15) is 0 Å². The van der Waals surface area contributed by atoms with Crippen LogP contribution in [0.5, 0.6) is 0 Å². The molecule has 248 valence electrons. The van der Waals surface area contributed by atoms with Crippen LogP contribution in [0.1, 0.15) is 17.8 Å². The van der Waals surface area contributed by atoms with Gasteiger partial charge in [0.05, 0.1) is 11.4 Å². The van der Waals surface area contributed by atoms with Crippen molar-refractivity contribution in [2.75, 3.05) is 0 Å². The molecule has 10 aromatic rings. The normalized spacial score (nSPS) is 12.7. The number of fused-ring (bicyclic) bond motifs is 7. The van der Waals surface area contributed by atoms with Crippen molar-refractivity contribution < 1.29 is 0 Å². The van der Waals surface area contributed by atoms with E-state index in [0.29, 0.717) is 0 Å². The molecule has 1 aromatic heterocycles. The molecule has 53 heavy (non-hydrogen) atoms. The van der Waals surface area contributed by atoms with Crippen molar-refractivity contribution in [2.24, 2.45) is 0 Å². The Morgan fingerprint density at radius 1 is 0.434 bits per heavy atom.